The molecular formula is C19H26Cl3N3O2S. The zero-order valence-corrected chi connectivity index (χ0v) is 18.9. The van der Waals surface area contributed by atoms with Crippen LogP contribution in [0, 0.1) is 5.92 Å². The molecule has 0 bridgehead atoms. The molecule has 0 saturated carbocycles. The SMILES string of the molecule is COc1cc(N)c(Cl)cc1C(=O)NCC1CCCN(Cc2cccs2)C1.Cl.Cl. The fourth-order valence-electron chi connectivity index (χ4n) is 3.33. The Morgan fingerprint density at radius 1 is 1.43 bits per heavy atom. The second kappa shape index (κ2) is 11.7. The fourth-order valence-corrected chi connectivity index (χ4v) is 4.24. The third-order valence-corrected chi connectivity index (χ3v) is 5.87. The van der Waals surface area contributed by atoms with Gasteiger partial charge in [0.1, 0.15) is 5.75 Å². The van der Waals surface area contributed by atoms with Crippen LogP contribution in [0.5, 0.6) is 5.75 Å². The molecule has 1 aliphatic heterocycles. The highest BCUT2D eigenvalue weighted by atomic mass is 35.5. The maximum atomic E-state index is 12.6. The van der Waals surface area contributed by atoms with E-state index in [1.165, 1.54) is 12.0 Å². The van der Waals surface area contributed by atoms with Crippen molar-refractivity contribution >= 4 is 59.3 Å². The molecule has 3 rings (SSSR count). The topological polar surface area (TPSA) is 67.6 Å². The summed E-state index contributed by atoms with van der Waals surface area (Å²) in [6.45, 7) is 3.75. The number of nitrogen functional groups attached to an aromatic ring is 1. The molecule has 0 spiro atoms. The number of amides is 1. The van der Waals surface area contributed by atoms with Gasteiger partial charge in [-0.1, -0.05) is 17.7 Å². The lowest BCUT2D eigenvalue weighted by Crippen LogP contribution is -2.40. The number of benzene rings is 1. The van der Waals surface area contributed by atoms with Crippen LogP contribution in [0.3, 0.4) is 0 Å². The van der Waals surface area contributed by atoms with Crippen molar-refractivity contribution in [3.63, 3.8) is 0 Å². The maximum absolute atomic E-state index is 12.6. The van der Waals surface area contributed by atoms with Gasteiger partial charge in [-0.2, -0.15) is 0 Å². The normalized spacial score (nSPS) is 16.6. The Hall–Kier alpha value is -1.18. The number of hydrogen-bond donors (Lipinski definition) is 2. The van der Waals surface area contributed by atoms with Crippen molar-refractivity contribution < 1.29 is 9.53 Å². The summed E-state index contributed by atoms with van der Waals surface area (Å²) in [5.41, 5.74) is 6.59. The van der Waals surface area contributed by atoms with Gasteiger partial charge in [-0.05, 0) is 42.8 Å². The van der Waals surface area contributed by atoms with E-state index in [4.69, 9.17) is 22.1 Å². The Kier molecular flexibility index (Phi) is 10.4. The molecular weight excluding hydrogens is 441 g/mol. The number of hydrogen-bond acceptors (Lipinski definition) is 5. The zero-order valence-electron chi connectivity index (χ0n) is 15.7. The van der Waals surface area contributed by atoms with Crippen molar-refractivity contribution in [1.29, 1.82) is 0 Å². The van der Waals surface area contributed by atoms with Crippen LogP contribution in [0.4, 0.5) is 5.69 Å². The molecule has 1 aromatic carbocycles. The summed E-state index contributed by atoms with van der Waals surface area (Å²) in [5, 5.41) is 5.50. The summed E-state index contributed by atoms with van der Waals surface area (Å²) < 4.78 is 5.26. The molecule has 1 fully saturated rings. The van der Waals surface area contributed by atoms with Crippen LogP contribution >= 0.6 is 47.8 Å². The Morgan fingerprint density at radius 3 is 2.89 bits per heavy atom. The first-order valence-corrected chi connectivity index (χ1v) is 9.98. The van der Waals surface area contributed by atoms with E-state index >= 15 is 0 Å². The van der Waals surface area contributed by atoms with Crippen molar-refractivity contribution in [3.8, 4) is 5.75 Å². The molecule has 5 nitrogen and oxygen atoms in total. The summed E-state index contributed by atoms with van der Waals surface area (Å²) in [4.78, 5) is 16.4. The monoisotopic (exact) mass is 465 g/mol. The number of piperidine rings is 1. The highest BCUT2D eigenvalue weighted by Crippen LogP contribution is 2.29. The number of nitrogens with zero attached hydrogens (tertiary/aromatic N) is 1. The largest absolute Gasteiger partial charge is 0.496 e. The highest BCUT2D eigenvalue weighted by molar-refractivity contribution is 7.09. The number of nitrogens with two attached hydrogens (primary N) is 1. The van der Waals surface area contributed by atoms with Crippen LogP contribution in [0.25, 0.3) is 0 Å². The first kappa shape index (κ1) is 24.9. The number of thiophene rings is 1. The quantitative estimate of drug-likeness (QED) is 0.616. The van der Waals surface area contributed by atoms with Crippen LogP contribution in [0.2, 0.25) is 5.02 Å². The summed E-state index contributed by atoms with van der Waals surface area (Å²) in [5.74, 6) is 0.703. The van der Waals surface area contributed by atoms with Crippen molar-refractivity contribution in [2.24, 2.45) is 5.92 Å². The smallest absolute Gasteiger partial charge is 0.255 e. The molecule has 1 unspecified atom stereocenters. The van der Waals surface area contributed by atoms with Crippen LogP contribution in [0.15, 0.2) is 29.6 Å². The Labute approximate surface area is 187 Å². The molecule has 1 atom stereocenters. The number of halogens is 3. The van der Waals surface area contributed by atoms with E-state index in [0.717, 1.165) is 32.5 Å². The lowest BCUT2D eigenvalue weighted by Gasteiger charge is -2.32. The Morgan fingerprint density at radius 2 is 2.21 bits per heavy atom. The summed E-state index contributed by atoms with van der Waals surface area (Å²) >= 11 is 7.85. The standard InChI is InChI=1S/C19H24ClN3O2S.2ClH/c1-25-18-9-17(21)16(20)8-15(18)19(24)22-10-13-4-2-6-23(11-13)12-14-5-3-7-26-14;;/h3,5,7-9,13H,2,4,6,10-12,21H2,1H3,(H,22,24);2*1H. The summed E-state index contributed by atoms with van der Waals surface area (Å²) in [7, 11) is 1.52. The van der Waals surface area contributed by atoms with Gasteiger partial charge in [0.15, 0.2) is 0 Å². The molecule has 1 aromatic heterocycles. The molecule has 3 N–H and O–H groups in total. The molecule has 2 aromatic rings. The lowest BCUT2D eigenvalue weighted by molar-refractivity contribution is 0.0928. The Balaban J connectivity index is 0.00000196. The van der Waals surface area contributed by atoms with Crippen LogP contribution in [0.1, 0.15) is 28.1 Å². The third-order valence-electron chi connectivity index (χ3n) is 4.68. The van der Waals surface area contributed by atoms with Gasteiger partial charge in [-0.15, -0.1) is 36.2 Å². The minimum absolute atomic E-state index is 0. The molecule has 1 saturated heterocycles. The number of methoxy groups -OCH3 is 1. The number of ether oxygens (including phenoxy) is 1. The molecule has 1 aliphatic rings. The molecule has 156 valence electrons. The molecule has 0 radical (unpaired) electrons. The highest BCUT2D eigenvalue weighted by Gasteiger charge is 2.22. The predicted octanol–water partition coefficient (Wildman–Crippen LogP) is 4.48. The second-order valence-corrected chi connectivity index (χ2v) is 8.05. The van der Waals surface area contributed by atoms with Crippen LogP contribution in [-0.2, 0) is 6.54 Å². The first-order chi connectivity index (χ1) is 12.6. The van der Waals surface area contributed by atoms with E-state index in [2.05, 4.69) is 27.7 Å². The minimum Gasteiger partial charge on any atom is -0.496 e. The first-order valence-electron chi connectivity index (χ1n) is 8.72. The van der Waals surface area contributed by atoms with Gasteiger partial charge in [-0.3, -0.25) is 9.69 Å². The molecule has 9 heteroatoms. The van der Waals surface area contributed by atoms with E-state index in [-0.39, 0.29) is 30.7 Å². The molecule has 28 heavy (non-hydrogen) atoms. The maximum Gasteiger partial charge on any atom is 0.255 e. The number of nitrogens with one attached hydrogen (secondary N) is 1. The van der Waals surface area contributed by atoms with Gasteiger partial charge in [0.2, 0.25) is 0 Å². The molecule has 2 heterocycles. The van der Waals surface area contributed by atoms with Crippen LogP contribution < -0.4 is 15.8 Å². The Bertz CT molecular complexity index is 759. The van der Waals surface area contributed by atoms with Crippen molar-refractivity contribution in [2.75, 3.05) is 32.5 Å². The minimum atomic E-state index is -0.181. The van der Waals surface area contributed by atoms with Crippen molar-refractivity contribution in [3.05, 3.63) is 45.1 Å². The van der Waals surface area contributed by atoms with Gasteiger partial charge in [0.05, 0.1) is 23.4 Å². The van der Waals surface area contributed by atoms with E-state index in [9.17, 15) is 4.79 Å². The number of carbonyl (C=O) groups excluding carboxylic acids is 1. The van der Waals surface area contributed by atoms with Crippen molar-refractivity contribution in [1.82, 2.24) is 10.2 Å². The molecule has 1 amide bonds. The van der Waals surface area contributed by atoms with Crippen LogP contribution in [-0.4, -0.2) is 37.6 Å². The van der Waals surface area contributed by atoms with Gasteiger partial charge in [0, 0.05) is 30.6 Å². The number of carbonyl (C=O) groups is 1. The van der Waals surface area contributed by atoms with Crippen molar-refractivity contribution in [2.45, 2.75) is 19.4 Å². The summed E-state index contributed by atoms with van der Waals surface area (Å²) in [6, 6.07) is 7.41. The average molecular weight is 467 g/mol. The molecule has 0 aliphatic carbocycles. The fraction of sp³-hybridized carbons (Fsp3) is 0.421. The van der Waals surface area contributed by atoms with E-state index in [1.807, 2.05) is 0 Å². The van der Waals surface area contributed by atoms with E-state index in [0.29, 0.717) is 34.5 Å². The number of rotatable bonds is 6. The van der Waals surface area contributed by atoms with Gasteiger partial charge in [0.25, 0.3) is 5.91 Å². The van der Waals surface area contributed by atoms with Gasteiger partial charge < -0.3 is 15.8 Å². The zero-order chi connectivity index (χ0) is 18.5. The number of anilines is 1. The third kappa shape index (κ3) is 6.42. The number of likely N-dealkylation sites (tertiary alicyclic amines) is 1. The lowest BCUT2D eigenvalue weighted by atomic mass is 9.97. The predicted molar refractivity (Wildman–Crippen MR) is 122 cm³/mol. The van der Waals surface area contributed by atoms with Gasteiger partial charge >= 0.3 is 0 Å². The second-order valence-electron chi connectivity index (χ2n) is 6.61. The summed E-state index contributed by atoms with van der Waals surface area (Å²) in [6.07, 6.45) is 2.28. The van der Waals surface area contributed by atoms with Gasteiger partial charge in [-0.25, -0.2) is 0 Å². The van der Waals surface area contributed by atoms with E-state index < -0.39 is 0 Å². The average Bonchev–Trinajstić information content (AvgIpc) is 3.15. The van der Waals surface area contributed by atoms with E-state index in [1.54, 1.807) is 23.5 Å².